The van der Waals surface area contributed by atoms with E-state index < -0.39 is 0 Å². The molecule has 20 heavy (non-hydrogen) atoms. The van der Waals surface area contributed by atoms with Crippen molar-refractivity contribution in [3.8, 4) is 11.8 Å². The molecule has 0 heterocycles. The maximum absolute atomic E-state index is 4.69. The maximum atomic E-state index is 4.69. The van der Waals surface area contributed by atoms with Gasteiger partial charge >= 0.3 is 0 Å². The minimum atomic E-state index is 0.889. The molecule has 0 aromatic heterocycles. The van der Waals surface area contributed by atoms with Crippen LogP contribution in [0.3, 0.4) is 0 Å². The van der Waals surface area contributed by atoms with Crippen LogP contribution >= 0.6 is 0 Å². The minimum absolute atomic E-state index is 0.889. The summed E-state index contributed by atoms with van der Waals surface area (Å²) < 4.78 is 4.69. The van der Waals surface area contributed by atoms with Crippen molar-refractivity contribution >= 4 is 0 Å². The Balaban J connectivity index is -0.0000000853. The molecule has 0 spiro atoms. The predicted molar refractivity (Wildman–Crippen MR) is 96.2 cm³/mol. The lowest BCUT2D eigenvalue weighted by Gasteiger charge is -1.84. The van der Waals surface area contributed by atoms with Gasteiger partial charge < -0.3 is 4.74 Å². The number of hydrogen-bond acceptors (Lipinski definition) is 1. The van der Waals surface area contributed by atoms with Gasteiger partial charge in [-0.2, -0.15) is 0 Å². The molecule has 0 rings (SSSR count). The van der Waals surface area contributed by atoms with E-state index in [9.17, 15) is 0 Å². The summed E-state index contributed by atoms with van der Waals surface area (Å²) in [5, 5.41) is 0. The fraction of sp³-hybridized carbons (Fsp3) is 0.789. The Kier molecular flexibility index (Phi) is 59.2. The first-order valence-corrected chi connectivity index (χ1v) is 8.15. The molecule has 0 unspecified atom stereocenters. The van der Waals surface area contributed by atoms with E-state index in [1.165, 1.54) is 19.3 Å². The molecule has 0 amide bonds. The van der Waals surface area contributed by atoms with Crippen LogP contribution in [-0.4, -0.2) is 13.7 Å². The van der Waals surface area contributed by atoms with Gasteiger partial charge in [0.05, 0.1) is 0 Å². The third kappa shape index (κ3) is 86.6. The van der Waals surface area contributed by atoms with Gasteiger partial charge in [0.25, 0.3) is 0 Å². The maximum Gasteiger partial charge on any atom is 0.0459 e. The fourth-order valence-electron chi connectivity index (χ4n) is 0.970. The van der Waals surface area contributed by atoms with E-state index in [2.05, 4.69) is 51.7 Å². The van der Waals surface area contributed by atoms with E-state index in [0.29, 0.717) is 0 Å². The zero-order valence-electron chi connectivity index (χ0n) is 15.5. The lowest BCUT2D eigenvalue weighted by Crippen LogP contribution is -1.80. The second-order valence-electron chi connectivity index (χ2n) is 4.10. The standard InChI is InChI=1S/C5H12.C5H10.C5H8.C4H10O/c3*1-3-5-4-2;1-3-4-5-2/h3-5H2,1-2H3;3,5H,4H2,1-2H3;3H2,1-2H3;3-4H2,1-2H3. The molecule has 0 saturated heterocycles. The van der Waals surface area contributed by atoms with Gasteiger partial charge in [0.15, 0.2) is 0 Å². The molecule has 0 radical (unpaired) electrons. The monoisotopic (exact) mass is 284 g/mol. The summed E-state index contributed by atoms with van der Waals surface area (Å²) in [5.74, 6) is 5.63. The van der Waals surface area contributed by atoms with E-state index in [0.717, 1.165) is 25.9 Å². The van der Waals surface area contributed by atoms with Crippen LogP contribution < -0.4 is 0 Å². The SMILES string of the molecule is CC#CCC.CC=CCC.CCCCC.CCCOC. The summed E-state index contributed by atoms with van der Waals surface area (Å²) >= 11 is 0. The van der Waals surface area contributed by atoms with E-state index in [1.54, 1.807) is 7.11 Å². The first-order valence-electron chi connectivity index (χ1n) is 8.15. The minimum Gasteiger partial charge on any atom is -0.385 e. The van der Waals surface area contributed by atoms with Gasteiger partial charge in [0, 0.05) is 20.1 Å². The van der Waals surface area contributed by atoms with Crippen molar-refractivity contribution in [2.75, 3.05) is 13.7 Å². The molecule has 0 bridgehead atoms. The lowest BCUT2D eigenvalue weighted by molar-refractivity contribution is 0.199. The Hall–Kier alpha value is -0.740. The third-order valence-corrected chi connectivity index (χ3v) is 1.94. The fourth-order valence-corrected chi connectivity index (χ4v) is 0.970. The average molecular weight is 285 g/mol. The Morgan fingerprint density at radius 2 is 1.50 bits per heavy atom. The smallest absolute Gasteiger partial charge is 0.0459 e. The number of rotatable bonds is 5. The first-order chi connectivity index (χ1) is 9.66. The molecular formula is C19H40O. The number of unbranched alkanes of at least 4 members (excludes halogenated alkanes) is 2. The topological polar surface area (TPSA) is 9.23 Å². The zero-order valence-corrected chi connectivity index (χ0v) is 15.5. The van der Waals surface area contributed by atoms with Crippen molar-refractivity contribution in [1.29, 1.82) is 0 Å². The highest BCUT2D eigenvalue weighted by Gasteiger charge is 1.68. The molecule has 0 aromatic rings. The Morgan fingerprint density at radius 1 is 0.950 bits per heavy atom. The van der Waals surface area contributed by atoms with E-state index in [-0.39, 0.29) is 0 Å². The van der Waals surface area contributed by atoms with Gasteiger partial charge in [0.2, 0.25) is 0 Å². The molecular weight excluding hydrogens is 244 g/mol. The molecule has 1 heteroatoms. The largest absolute Gasteiger partial charge is 0.385 e. The van der Waals surface area contributed by atoms with Crippen LogP contribution in [0, 0.1) is 11.8 Å². The van der Waals surface area contributed by atoms with E-state index in [1.807, 2.05) is 20.8 Å². The zero-order chi connectivity index (χ0) is 16.5. The predicted octanol–water partition coefficient (Wildman–Crippen LogP) is 6.63. The number of hydrogen-bond donors (Lipinski definition) is 0. The van der Waals surface area contributed by atoms with Crippen molar-refractivity contribution < 1.29 is 4.74 Å². The van der Waals surface area contributed by atoms with Crippen molar-refractivity contribution in [2.45, 2.75) is 87.0 Å². The summed E-state index contributed by atoms with van der Waals surface area (Å²) in [6, 6.07) is 0. The highest BCUT2D eigenvalue weighted by atomic mass is 16.5. The Bertz CT molecular complexity index is 174. The second-order valence-corrected chi connectivity index (χ2v) is 4.10. The van der Waals surface area contributed by atoms with E-state index in [4.69, 9.17) is 4.74 Å². The van der Waals surface area contributed by atoms with Crippen molar-refractivity contribution in [3.05, 3.63) is 12.2 Å². The first kappa shape index (κ1) is 27.6. The highest BCUT2D eigenvalue weighted by Crippen LogP contribution is 1.88. The van der Waals surface area contributed by atoms with Crippen molar-refractivity contribution in [3.63, 3.8) is 0 Å². The molecule has 0 aromatic carbocycles. The normalized spacial score (nSPS) is 8.00. The van der Waals surface area contributed by atoms with Crippen LogP contribution in [-0.2, 0) is 4.74 Å². The Morgan fingerprint density at radius 3 is 1.50 bits per heavy atom. The summed E-state index contributed by atoms with van der Waals surface area (Å²) in [6.45, 7) is 15.4. The quantitative estimate of drug-likeness (QED) is 0.406. The summed E-state index contributed by atoms with van der Waals surface area (Å²) in [7, 11) is 1.71. The molecule has 0 N–H and O–H groups in total. The van der Waals surface area contributed by atoms with Gasteiger partial charge in [-0.15, -0.1) is 11.8 Å². The second kappa shape index (κ2) is 42.9. The van der Waals surface area contributed by atoms with Crippen LogP contribution in [0.5, 0.6) is 0 Å². The van der Waals surface area contributed by atoms with Gasteiger partial charge in [-0.1, -0.05) is 66.0 Å². The molecule has 0 fully saturated rings. The van der Waals surface area contributed by atoms with Crippen LogP contribution in [0.2, 0.25) is 0 Å². The van der Waals surface area contributed by atoms with Gasteiger partial charge in [-0.3, -0.25) is 0 Å². The highest BCUT2D eigenvalue weighted by molar-refractivity contribution is 4.92. The average Bonchev–Trinajstić information content (AvgIpc) is 2.44. The molecule has 1 nitrogen and oxygen atoms in total. The molecule has 0 atom stereocenters. The summed E-state index contributed by atoms with van der Waals surface area (Å²) in [6.07, 6.45) is 11.5. The van der Waals surface area contributed by atoms with Crippen LogP contribution in [0.4, 0.5) is 0 Å². The van der Waals surface area contributed by atoms with Gasteiger partial charge in [0.1, 0.15) is 0 Å². The van der Waals surface area contributed by atoms with Gasteiger partial charge in [-0.25, -0.2) is 0 Å². The third-order valence-electron chi connectivity index (χ3n) is 1.94. The number of allylic oxidation sites excluding steroid dienone is 2. The molecule has 0 saturated carbocycles. The van der Waals surface area contributed by atoms with E-state index >= 15 is 0 Å². The molecule has 0 aliphatic carbocycles. The Labute approximate surface area is 130 Å². The van der Waals surface area contributed by atoms with Gasteiger partial charge in [-0.05, 0) is 26.7 Å². The number of ether oxygens (including phenoxy) is 1. The van der Waals surface area contributed by atoms with Crippen LogP contribution in [0.1, 0.15) is 87.0 Å². The van der Waals surface area contributed by atoms with Crippen molar-refractivity contribution in [1.82, 2.24) is 0 Å². The summed E-state index contributed by atoms with van der Waals surface area (Å²) in [5.41, 5.74) is 0. The number of methoxy groups -OCH3 is 1. The van der Waals surface area contributed by atoms with Crippen LogP contribution in [0.15, 0.2) is 12.2 Å². The summed E-state index contributed by atoms with van der Waals surface area (Å²) in [4.78, 5) is 0. The molecule has 0 aliphatic rings. The van der Waals surface area contributed by atoms with Crippen LogP contribution in [0.25, 0.3) is 0 Å². The molecule has 122 valence electrons. The van der Waals surface area contributed by atoms with Crippen molar-refractivity contribution in [2.24, 2.45) is 0 Å². The lowest BCUT2D eigenvalue weighted by atomic mass is 10.3. The molecule has 0 aliphatic heterocycles.